The Morgan fingerprint density at radius 2 is 2.17 bits per heavy atom. The number of hydrogen-bond donors (Lipinski definition) is 1. The first-order valence-electron chi connectivity index (χ1n) is 7.58. The summed E-state index contributed by atoms with van der Waals surface area (Å²) in [5.74, 6) is 0. The molecule has 1 N–H and O–H groups in total. The van der Waals surface area contributed by atoms with Gasteiger partial charge >= 0.3 is 0 Å². The van der Waals surface area contributed by atoms with E-state index in [-0.39, 0.29) is 16.6 Å². The molecule has 0 atom stereocenters. The monoisotopic (exact) mass is 307 g/mol. The number of fused-ring (bicyclic) bond motifs is 2. The van der Waals surface area contributed by atoms with Crippen LogP contribution in [-0.2, 0) is 6.54 Å². The highest BCUT2D eigenvalue weighted by molar-refractivity contribution is 5.77. The molecule has 0 radical (unpaired) electrons. The zero-order chi connectivity index (χ0) is 16.6. The van der Waals surface area contributed by atoms with Crippen molar-refractivity contribution in [1.29, 1.82) is 10.7 Å². The number of unbranched alkanes of at least 4 members (excludes halogenated alkanes) is 1. The summed E-state index contributed by atoms with van der Waals surface area (Å²) < 4.78 is 3.16. The summed E-state index contributed by atoms with van der Waals surface area (Å²) >= 11 is 0. The first-order valence-corrected chi connectivity index (χ1v) is 7.58. The highest BCUT2D eigenvalue weighted by Gasteiger charge is 2.13. The molecule has 0 aromatic carbocycles. The van der Waals surface area contributed by atoms with Crippen LogP contribution in [0.5, 0.6) is 0 Å². The summed E-state index contributed by atoms with van der Waals surface area (Å²) in [5.41, 5.74) is 2.06. The van der Waals surface area contributed by atoms with E-state index in [9.17, 15) is 10.1 Å². The molecule has 6 heteroatoms. The van der Waals surface area contributed by atoms with Gasteiger partial charge in [0.25, 0.3) is 5.56 Å². The van der Waals surface area contributed by atoms with Gasteiger partial charge in [-0.15, -0.1) is 0 Å². The van der Waals surface area contributed by atoms with Crippen molar-refractivity contribution in [2.45, 2.75) is 33.2 Å². The lowest BCUT2D eigenvalue weighted by Gasteiger charge is -2.12. The minimum Gasteiger partial charge on any atom is -0.310 e. The van der Waals surface area contributed by atoms with E-state index < -0.39 is 0 Å². The van der Waals surface area contributed by atoms with Crippen LogP contribution in [0.2, 0.25) is 0 Å². The zero-order valence-electron chi connectivity index (χ0n) is 13.1. The van der Waals surface area contributed by atoms with Gasteiger partial charge in [0.15, 0.2) is 0 Å². The van der Waals surface area contributed by atoms with Gasteiger partial charge in [0.05, 0.1) is 10.9 Å². The predicted octanol–water partition coefficient (Wildman–Crippen LogP) is 2.11. The maximum absolute atomic E-state index is 12.8. The van der Waals surface area contributed by atoms with Gasteiger partial charge in [0.2, 0.25) is 0 Å². The van der Waals surface area contributed by atoms with Gasteiger partial charge in [-0.1, -0.05) is 19.4 Å². The van der Waals surface area contributed by atoms with Gasteiger partial charge in [-0.05, 0) is 31.0 Å². The van der Waals surface area contributed by atoms with Crippen molar-refractivity contribution in [1.82, 2.24) is 14.0 Å². The normalized spacial score (nSPS) is 11.0. The van der Waals surface area contributed by atoms with Crippen molar-refractivity contribution >= 4 is 16.7 Å². The highest BCUT2D eigenvalue weighted by atomic mass is 16.1. The Labute approximate surface area is 132 Å². The van der Waals surface area contributed by atoms with E-state index >= 15 is 0 Å². The Balaban J connectivity index is 2.49. The molecule has 3 heterocycles. The summed E-state index contributed by atoms with van der Waals surface area (Å²) in [6, 6.07) is 7.17. The number of hydrogen-bond acceptors (Lipinski definition) is 4. The van der Waals surface area contributed by atoms with Crippen LogP contribution >= 0.6 is 0 Å². The van der Waals surface area contributed by atoms with Gasteiger partial charge < -0.3 is 4.57 Å². The van der Waals surface area contributed by atoms with E-state index in [1.807, 2.05) is 19.1 Å². The molecular weight excluding hydrogens is 290 g/mol. The Morgan fingerprint density at radius 3 is 2.87 bits per heavy atom. The van der Waals surface area contributed by atoms with E-state index in [1.54, 1.807) is 16.8 Å². The standard InChI is InChI=1S/C17H17N5O/c1-3-4-7-21-15(19)12(9-18)8-13-16(21)20-14-6-5-11(2)10-22(14)17(13)23/h5-6,8,10,19H,3-4,7H2,1-2H3. The number of aromatic nitrogens is 3. The predicted molar refractivity (Wildman–Crippen MR) is 87.2 cm³/mol. The summed E-state index contributed by atoms with van der Waals surface area (Å²) in [4.78, 5) is 17.3. The molecule has 0 fully saturated rings. The van der Waals surface area contributed by atoms with Crippen LogP contribution in [0.15, 0.2) is 29.2 Å². The number of pyridine rings is 2. The lowest BCUT2D eigenvalue weighted by atomic mass is 10.2. The number of nitrogens with one attached hydrogen (secondary N) is 1. The van der Waals surface area contributed by atoms with E-state index in [0.717, 1.165) is 18.4 Å². The van der Waals surface area contributed by atoms with Gasteiger partial charge in [-0.25, -0.2) is 4.98 Å². The molecule has 0 saturated heterocycles. The average molecular weight is 307 g/mol. The van der Waals surface area contributed by atoms with Crippen LogP contribution in [0.3, 0.4) is 0 Å². The number of rotatable bonds is 3. The molecule has 3 aromatic rings. The van der Waals surface area contributed by atoms with E-state index in [4.69, 9.17) is 5.41 Å². The fourth-order valence-corrected chi connectivity index (χ4v) is 2.66. The van der Waals surface area contributed by atoms with E-state index in [1.165, 1.54) is 10.5 Å². The zero-order valence-corrected chi connectivity index (χ0v) is 13.1. The first kappa shape index (κ1) is 15.0. The Morgan fingerprint density at radius 1 is 1.39 bits per heavy atom. The Kier molecular flexibility index (Phi) is 3.70. The molecule has 6 nitrogen and oxygen atoms in total. The molecular formula is C17H17N5O. The molecule has 0 amide bonds. The second-order valence-electron chi connectivity index (χ2n) is 5.61. The first-order chi connectivity index (χ1) is 11.1. The van der Waals surface area contributed by atoms with E-state index in [0.29, 0.717) is 23.2 Å². The van der Waals surface area contributed by atoms with E-state index in [2.05, 4.69) is 11.9 Å². The van der Waals surface area contributed by atoms with Crippen LogP contribution in [0.4, 0.5) is 0 Å². The lowest BCUT2D eigenvalue weighted by molar-refractivity contribution is 0.614. The van der Waals surface area contributed by atoms with Gasteiger partial charge in [0, 0.05) is 12.7 Å². The second kappa shape index (κ2) is 5.69. The van der Waals surface area contributed by atoms with Crippen molar-refractivity contribution in [3.63, 3.8) is 0 Å². The third-order valence-corrected chi connectivity index (χ3v) is 3.91. The summed E-state index contributed by atoms with van der Waals surface area (Å²) in [5, 5.41) is 17.8. The number of nitriles is 1. The molecule has 0 aliphatic heterocycles. The van der Waals surface area contributed by atoms with Gasteiger partial charge in [-0.2, -0.15) is 5.26 Å². The molecule has 0 saturated carbocycles. The maximum Gasteiger partial charge on any atom is 0.267 e. The third-order valence-electron chi connectivity index (χ3n) is 3.91. The Hall–Kier alpha value is -2.94. The van der Waals surface area contributed by atoms with Crippen LogP contribution < -0.4 is 11.0 Å². The molecule has 0 unspecified atom stereocenters. The minimum absolute atomic E-state index is 0.108. The topological polar surface area (TPSA) is 86.9 Å². The molecule has 0 bridgehead atoms. The van der Waals surface area contributed by atoms with Crippen molar-refractivity contribution in [3.05, 3.63) is 51.4 Å². The summed E-state index contributed by atoms with van der Waals surface area (Å²) in [6.07, 6.45) is 3.55. The fourth-order valence-electron chi connectivity index (χ4n) is 2.66. The summed E-state index contributed by atoms with van der Waals surface area (Å²) in [7, 11) is 0. The van der Waals surface area contributed by atoms with Crippen molar-refractivity contribution in [2.24, 2.45) is 0 Å². The fraction of sp³-hybridized carbons (Fsp3) is 0.294. The SMILES string of the molecule is CCCCn1c(=N)c(C#N)cc2c(=O)n3cc(C)ccc3nc21. The van der Waals surface area contributed by atoms with Crippen LogP contribution in [0.25, 0.3) is 16.7 Å². The van der Waals surface area contributed by atoms with Crippen LogP contribution in [0.1, 0.15) is 30.9 Å². The molecule has 116 valence electrons. The van der Waals surface area contributed by atoms with Crippen LogP contribution in [0, 0.1) is 23.7 Å². The van der Waals surface area contributed by atoms with Crippen molar-refractivity contribution in [2.75, 3.05) is 0 Å². The molecule has 3 aromatic heterocycles. The minimum atomic E-state index is -0.213. The molecule has 0 aliphatic carbocycles. The number of aryl methyl sites for hydroxylation is 2. The quantitative estimate of drug-likeness (QED) is 0.752. The molecule has 0 spiro atoms. The molecule has 0 aliphatic rings. The Bertz CT molecular complexity index is 1070. The lowest BCUT2D eigenvalue weighted by Crippen LogP contribution is -2.27. The largest absolute Gasteiger partial charge is 0.310 e. The highest BCUT2D eigenvalue weighted by Crippen LogP contribution is 2.11. The third kappa shape index (κ3) is 2.40. The molecule has 3 rings (SSSR count). The molecule has 23 heavy (non-hydrogen) atoms. The average Bonchev–Trinajstić information content (AvgIpc) is 2.55. The van der Waals surface area contributed by atoms with Crippen molar-refractivity contribution < 1.29 is 0 Å². The second-order valence-corrected chi connectivity index (χ2v) is 5.61. The van der Waals surface area contributed by atoms with Gasteiger partial charge in [0.1, 0.15) is 22.9 Å². The van der Waals surface area contributed by atoms with Crippen LogP contribution in [-0.4, -0.2) is 14.0 Å². The summed E-state index contributed by atoms with van der Waals surface area (Å²) in [6.45, 7) is 4.53. The van der Waals surface area contributed by atoms with Gasteiger partial charge in [-0.3, -0.25) is 14.6 Å². The maximum atomic E-state index is 12.8. The number of nitrogens with zero attached hydrogens (tertiary/aromatic N) is 4. The van der Waals surface area contributed by atoms with Crippen molar-refractivity contribution in [3.8, 4) is 6.07 Å². The smallest absolute Gasteiger partial charge is 0.267 e.